The van der Waals surface area contributed by atoms with Gasteiger partial charge in [-0.2, -0.15) is 0 Å². The van der Waals surface area contributed by atoms with Crippen LogP contribution in [0.3, 0.4) is 0 Å². The van der Waals surface area contributed by atoms with Crippen molar-refractivity contribution < 1.29 is 28.4 Å². The third kappa shape index (κ3) is 5.29. The summed E-state index contributed by atoms with van der Waals surface area (Å²) in [4.78, 5) is 24.2. The molecule has 1 N–H and O–H groups in total. The van der Waals surface area contributed by atoms with Crippen LogP contribution in [0.4, 0.5) is 0 Å². The van der Waals surface area contributed by atoms with Crippen LogP contribution in [0.25, 0.3) is 0 Å². The lowest BCUT2D eigenvalue weighted by Gasteiger charge is -2.19. The summed E-state index contributed by atoms with van der Waals surface area (Å²) in [5.74, 6) is -0.759. The molecule has 8 heteroatoms. The number of nitrogens with one attached hydrogen (secondary N) is 1. The molecule has 0 radical (unpaired) electrons. The molecule has 1 aliphatic heterocycles. The standard InChI is InChI=1S/C17H24BNO6/c1-22-17(21)14(19-16(20)15-5-4-10-25-15)11-12-6-8-13(9-7-12)18(23-2)24-3/h6-9,14-15H,4-5,10-11H2,1-3H3,(H,19,20)/t14-,15+/m0/s1. The van der Waals surface area contributed by atoms with Crippen LogP contribution in [0.1, 0.15) is 18.4 Å². The summed E-state index contributed by atoms with van der Waals surface area (Å²) in [6.45, 7) is 0.572. The van der Waals surface area contributed by atoms with Crippen molar-refractivity contribution in [2.45, 2.75) is 31.4 Å². The molecule has 1 amide bonds. The normalized spacial score (nSPS) is 17.8. The summed E-state index contributed by atoms with van der Waals surface area (Å²) < 4.78 is 20.6. The van der Waals surface area contributed by atoms with Gasteiger partial charge in [-0.15, -0.1) is 0 Å². The molecule has 25 heavy (non-hydrogen) atoms. The maximum atomic E-state index is 12.2. The fourth-order valence-electron chi connectivity index (χ4n) is 2.80. The van der Waals surface area contributed by atoms with Gasteiger partial charge in [0.2, 0.25) is 5.91 Å². The molecule has 7 nitrogen and oxygen atoms in total. The summed E-state index contributed by atoms with van der Waals surface area (Å²) >= 11 is 0. The Kier molecular flexibility index (Phi) is 7.42. The van der Waals surface area contributed by atoms with Gasteiger partial charge in [0, 0.05) is 27.2 Å². The van der Waals surface area contributed by atoms with E-state index >= 15 is 0 Å². The molecule has 0 unspecified atom stereocenters. The van der Waals surface area contributed by atoms with Gasteiger partial charge >= 0.3 is 13.1 Å². The number of methoxy groups -OCH3 is 1. The van der Waals surface area contributed by atoms with Gasteiger partial charge in [0.05, 0.1) is 7.11 Å². The van der Waals surface area contributed by atoms with Crippen molar-refractivity contribution in [1.29, 1.82) is 0 Å². The first-order valence-electron chi connectivity index (χ1n) is 8.23. The number of amides is 1. The maximum absolute atomic E-state index is 12.2. The highest BCUT2D eigenvalue weighted by Gasteiger charge is 2.29. The number of hydrogen-bond donors (Lipinski definition) is 1. The Hall–Kier alpha value is -1.90. The minimum Gasteiger partial charge on any atom is -0.467 e. The number of benzene rings is 1. The van der Waals surface area contributed by atoms with E-state index in [2.05, 4.69) is 5.32 Å². The van der Waals surface area contributed by atoms with Crippen LogP contribution >= 0.6 is 0 Å². The van der Waals surface area contributed by atoms with Crippen LogP contribution in [0.15, 0.2) is 24.3 Å². The van der Waals surface area contributed by atoms with Gasteiger partial charge in [0.1, 0.15) is 12.1 Å². The smallest absolute Gasteiger partial charge is 0.467 e. The van der Waals surface area contributed by atoms with E-state index in [4.69, 9.17) is 18.8 Å². The zero-order valence-corrected chi connectivity index (χ0v) is 14.8. The first-order chi connectivity index (χ1) is 12.1. The van der Waals surface area contributed by atoms with Gasteiger partial charge in [0.25, 0.3) is 0 Å². The highest BCUT2D eigenvalue weighted by Crippen LogP contribution is 2.13. The summed E-state index contributed by atoms with van der Waals surface area (Å²) in [5.41, 5.74) is 1.75. The lowest BCUT2D eigenvalue weighted by Crippen LogP contribution is -2.47. The van der Waals surface area contributed by atoms with Crippen molar-refractivity contribution in [3.05, 3.63) is 29.8 Å². The molecular weight excluding hydrogens is 325 g/mol. The van der Waals surface area contributed by atoms with Crippen LogP contribution in [0.2, 0.25) is 0 Å². The van der Waals surface area contributed by atoms with Gasteiger partial charge in [-0.05, 0) is 23.9 Å². The topological polar surface area (TPSA) is 83.1 Å². The summed E-state index contributed by atoms with van der Waals surface area (Å²) in [6, 6.07) is 6.71. The van der Waals surface area contributed by atoms with Gasteiger partial charge in [-0.3, -0.25) is 4.79 Å². The number of esters is 1. The van der Waals surface area contributed by atoms with E-state index in [9.17, 15) is 9.59 Å². The summed E-state index contributed by atoms with van der Waals surface area (Å²) in [6.07, 6.45) is 1.36. The largest absolute Gasteiger partial charge is 0.493 e. The predicted molar refractivity (Wildman–Crippen MR) is 92.5 cm³/mol. The number of rotatable bonds is 8. The zero-order valence-electron chi connectivity index (χ0n) is 14.8. The first kappa shape index (κ1) is 19.4. The Morgan fingerprint density at radius 2 is 1.92 bits per heavy atom. The molecular formula is C17H24BNO6. The van der Waals surface area contributed by atoms with E-state index in [-0.39, 0.29) is 5.91 Å². The van der Waals surface area contributed by atoms with E-state index in [1.807, 2.05) is 24.3 Å². The maximum Gasteiger partial charge on any atom is 0.493 e. The molecule has 0 bridgehead atoms. The molecule has 0 aliphatic carbocycles. The molecule has 1 fully saturated rings. The quantitative estimate of drug-likeness (QED) is 0.528. The van der Waals surface area contributed by atoms with Crippen molar-refractivity contribution in [1.82, 2.24) is 5.32 Å². The Labute approximate surface area is 148 Å². The molecule has 2 atom stereocenters. The summed E-state index contributed by atoms with van der Waals surface area (Å²) in [5, 5.41) is 2.73. The number of ether oxygens (including phenoxy) is 2. The monoisotopic (exact) mass is 349 g/mol. The van der Waals surface area contributed by atoms with Crippen molar-refractivity contribution in [3.8, 4) is 0 Å². The minimum absolute atomic E-state index is 0.275. The van der Waals surface area contributed by atoms with E-state index in [0.717, 1.165) is 17.4 Å². The Balaban J connectivity index is 2.03. The van der Waals surface area contributed by atoms with Gasteiger partial charge in [-0.25, -0.2) is 4.79 Å². The number of carbonyl (C=O) groups is 2. The van der Waals surface area contributed by atoms with E-state index in [1.165, 1.54) is 7.11 Å². The van der Waals surface area contributed by atoms with Crippen LogP contribution < -0.4 is 10.8 Å². The average molecular weight is 349 g/mol. The summed E-state index contributed by atoms with van der Waals surface area (Å²) in [7, 11) is 3.99. The fraction of sp³-hybridized carbons (Fsp3) is 0.529. The molecule has 1 aliphatic rings. The van der Waals surface area contributed by atoms with Gasteiger partial charge in [-0.1, -0.05) is 24.3 Å². The zero-order chi connectivity index (χ0) is 18.2. The average Bonchev–Trinajstić information content (AvgIpc) is 3.17. The second kappa shape index (κ2) is 9.55. The molecule has 1 aromatic carbocycles. The molecule has 1 heterocycles. The van der Waals surface area contributed by atoms with Crippen molar-refractivity contribution >= 4 is 24.5 Å². The highest BCUT2D eigenvalue weighted by atomic mass is 16.6. The second-order valence-corrected chi connectivity index (χ2v) is 5.84. The lowest BCUT2D eigenvalue weighted by molar-refractivity contribution is -0.146. The first-order valence-corrected chi connectivity index (χ1v) is 8.23. The highest BCUT2D eigenvalue weighted by molar-refractivity contribution is 6.61. The van der Waals surface area contributed by atoms with Crippen LogP contribution in [-0.2, 0) is 34.8 Å². The van der Waals surface area contributed by atoms with Crippen LogP contribution in [0.5, 0.6) is 0 Å². The van der Waals surface area contributed by atoms with E-state index in [0.29, 0.717) is 19.4 Å². The molecule has 1 saturated heterocycles. The van der Waals surface area contributed by atoms with Crippen molar-refractivity contribution in [2.75, 3.05) is 27.9 Å². The third-order valence-corrected chi connectivity index (χ3v) is 4.14. The number of carbonyl (C=O) groups excluding carboxylic acids is 2. The van der Waals surface area contributed by atoms with Crippen LogP contribution in [-0.4, -0.2) is 59.1 Å². The number of hydrogen-bond acceptors (Lipinski definition) is 6. The Morgan fingerprint density at radius 1 is 1.24 bits per heavy atom. The Bertz CT molecular complexity index is 569. The lowest BCUT2D eigenvalue weighted by atomic mass is 9.78. The van der Waals surface area contributed by atoms with E-state index in [1.54, 1.807) is 14.2 Å². The van der Waals surface area contributed by atoms with Crippen molar-refractivity contribution in [3.63, 3.8) is 0 Å². The molecule has 0 saturated carbocycles. The third-order valence-electron chi connectivity index (χ3n) is 4.14. The van der Waals surface area contributed by atoms with Gasteiger partial charge < -0.3 is 24.1 Å². The van der Waals surface area contributed by atoms with Crippen molar-refractivity contribution in [2.24, 2.45) is 0 Å². The fourth-order valence-corrected chi connectivity index (χ4v) is 2.80. The molecule has 1 aromatic rings. The SMILES string of the molecule is COB(OC)c1ccc(C[C@H](NC(=O)[C@H]2CCCO2)C(=O)OC)cc1. The minimum atomic E-state index is -0.756. The Morgan fingerprint density at radius 3 is 2.44 bits per heavy atom. The van der Waals surface area contributed by atoms with Gasteiger partial charge in [0.15, 0.2) is 0 Å². The molecule has 136 valence electrons. The molecule has 0 aromatic heterocycles. The predicted octanol–water partition coefficient (Wildman–Crippen LogP) is 0.0539. The second-order valence-electron chi connectivity index (χ2n) is 5.84. The molecule has 2 rings (SSSR count). The van der Waals surface area contributed by atoms with E-state index < -0.39 is 25.2 Å². The van der Waals surface area contributed by atoms with Crippen LogP contribution in [0, 0.1) is 0 Å². The molecule has 0 spiro atoms.